The van der Waals surface area contributed by atoms with Gasteiger partial charge in [-0.05, 0) is 43.7 Å². The maximum absolute atomic E-state index is 12.7. The van der Waals surface area contributed by atoms with E-state index in [2.05, 4.69) is 10.1 Å². The molecule has 1 aromatic rings. The Hall–Kier alpha value is -2.05. The number of hydrogen-bond acceptors (Lipinski definition) is 3. The fraction of sp³-hybridized carbons (Fsp3) is 0.611. The first-order valence-corrected chi connectivity index (χ1v) is 8.79. The number of urea groups is 1. The second-order valence-electron chi connectivity index (χ2n) is 6.62. The van der Waals surface area contributed by atoms with Gasteiger partial charge in [0.05, 0.1) is 7.11 Å². The maximum atomic E-state index is 12.7. The van der Waals surface area contributed by atoms with E-state index in [4.69, 9.17) is 4.74 Å². The Labute approximate surface area is 146 Å². The fourth-order valence-corrected chi connectivity index (χ4v) is 4.01. The zero-order valence-corrected chi connectivity index (χ0v) is 14.3. The number of likely N-dealkylation sites (tertiary alicyclic amines) is 1. The first kappa shape index (κ1) is 17.8. The van der Waals surface area contributed by atoms with E-state index in [0.29, 0.717) is 11.6 Å². The van der Waals surface area contributed by atoms with Crippen molar-refractivity contribution in [3.05, 3.63) is 18.2 Å². The minimum absolute atomic E-state index is 0.0935. The molecule has 0 bridgehead atoms. The zero-order valence-electron chi connectivity index (χ0n) is 14.3. The highest BCUT2D eigenvalue weighted by atomic mass is 19.3. The second kappa shape index (κ2) is 7.89. The summed E-state index contributed by atoms with van der Waals surface area (Å²) in [6.07, 6.45) is 6.90. The van der Waals surface area contributed by atoms with E-state index in [1.54, 1.807) is 6.07 Å². The summed E-state index contributed by atoms with van der Waals surface area (Å²) in [5, 5.41) is 2.81. The summed E-state index contributed by atoms with van der Waals surface area (Å²) in [4.78, 5) is 14.6. The van der Waals surface area contributed by atoms with E-state index in [0.717, 1.165) is 19.4 Å². The summed E-state index contributed by atoms with van der Waals surface area (Å²) < 4.78 is 34.5. The Morgan fingerprint density at radius 1 is 1.20 bits per heavy atom. The largest absolute Gasteiger partial charge is 0.493 e. The molecule has 1 aliphatic heterocycles. The third kappa shape index (κ3) is 4.14. The van der Waals surface area contributed by atoms with Crippen molar-refractivity contribution < 1.29 is 23.0 Å². The van der Waals surface area contributed by atoms with Crippen LogP contribution in [-0.4, -0.2) is 37.2 Å². The van der Waals surface area contributed by atoms with E-state index in [9.17, 15) is 13.6 Å². The summed E-state index contributed by atoms with van der Waals surface area (Å²) >= 11 is 0. The zero-order chi connectivity index (χ0) is 17.8. The van der Waals surface area contributed by atoms with Crippen LogP contribution in [0.15, 0.2) is 18.2 Å². The van der Waals surface area contributed by atoms with Gasteiger partial charge < -0.3 is 19.7 Å². The van der Waals surface area contributed by atoms with Crippen molar-refractivity contribution in [2.75, 3.05) is 19.0 Å². The number of nitrogens with zero attached hydrogens (tertiary/aromatic N) is 1. The van der Waals surface area contributed by atoms with Crippen LogP contribution in [0.25, 0.3) is 0 Å². The normalized spacial score (nSPS) is 21.0. The summed E-state index contributed by atoms with van der Waals surface area (Å²) in [5.41, 5.74) is 0.415. The van der Waals surface area contributed by atoms with Crippen molar-refractivity contribution >= 4 is 11.7 Å². The second-order valence-corrected chi connectivity index (χ2v) is 6.62. The monoisotopic (exact) mass is 354 g/mol. The molecule has 2 aliphatic rings. The van der Waals surface area contributed by atoms with Crippen LogP contribution in [-0.2, 0) is 0 Å². The SMILES string of the molecule is COc1ccc(NC(=O)N2CCCC2C2CCCC2)cc1OC(F)F. The van der Waals surface area contributed by atoms with E-state index in [1.165, 1.54) is 44.9 Å². The summed E-state index contributed by atoms with van der Waals surface area (Å²) in [6, 6.07) is 4.60. The third-order valence-electron chi connectivity index (χ3n) is 5.14. The molecule has 1 saturated carbocycles. The lowest BCUT2D eigenvalue weighted by atomic mass is 9.96. The number of halogens is 2. The van der Waals surface area contributed by atoms with Crippen molar-refractivity contribution in [3.8, 4) is 11.5 Å². The molecule has 25 heavy (non-hydrogen) atoms. The molecule has 2 fully saturated rings. The molecule has 1 heterocycles. The molecular formula is C18H24F2N2O3. The molecule has 5 nitrogen and oxygen atoms in total. The van der Waals surface area contributed by atoms with Gasteiger partial charge in [-0.3, -0.25) is 0 Å². The summed E-state index contributed by atoms with van der Waals surface area (Å²) in [7, 11) is 1.38. The van der Waals surface area contributed by atoms with Crippen LogP contribution >= 0.6 is 0 Å². The Morgan fingerprint density at radius 2 is 1.96 bits per heavy atom. The minimum atomic E-state index is -2.95. The number of ether oxygens (including phenoxy) is 2. The molecule has 1 atom stereocenters. The van der Waals surface area contributed by atoms with Crippen LogP contribution in [0.4, 0.5) is 19.3 Å². The van der Waals surface area contributed by atoms with Gasteiger partial charge in [0.15, 0.2) is 11.5 Å². The van der Waals surface area contributed by atoms with Gasteiger partial charge in [0, 0.05) is 24.3 Å². The number of rotatable bonds is 5. The predicted octanol–water partition coefficient (Wildman–Crippen LogP) is 4.48. The third-order valence-corrected chi connectivity index (χ3v) is 5.14. The van der Waals surface area contributed by atoms with Gasteiger partial charge >= 0.3 is 12.6 Å². The highest BCUT2D eigenvalue weighted by Crippen LogP contribution is 2.36. The molecule has 0 radical (unpaired) electrons. The predicted molar refractivity (Wildman–Crippen MR) is 90.3 cm³/mol. The van der Waals surface area contributed by atoms with Crippen LogP contribution < -0.4 is 14.8 Å². The molecule has 1 N–H and O–H groups in total. The number of amides is 2. The van der Waals surface area contributed by atoms with Gasteiger partial charge in [-0.1, -0.05) is 12.8 Å². The Morgan fingerprint density at radius 3 is 2.64 bits per heavy atom. The molecule has 0 aromatic heterocycles. The van der Waals surface area contributed by atoms with Crippen LogP contribution in [0, 0.1) is 5.92 Å². The van der Waals surface area contributed by atoms with Crippen molar-refractivity contribution in [2.24, 2.45) is 5.92 Å². The Balaban J connectivity index is 1.69. The number of carbonyl (C=O) groups is 1. The van der Waals surface area contributed by atoms with Crippen LogP contribution in [0.2, 0.25) is 0 Å². The average molecular weight is 354 g/mol. The molecule has 3 rings (SSSR count). The Bertz CT molecular complexity index is 606. The quantitative estimate of drug-likeness (QED) is 0.848. The van der Waals surface area contributed by atoms with Gasteiger partial charge in [0.2, 0.25) is 0 Å². The molecule has 0 spiro atoms. The lowest BCUT2D eigenvalue weighted by Gasteiger charge is -2.29. The van der Waals surface area contributed by atoms with E-state index in [1.807, 2.05) is 4.90 Å². The van der Waals surface area contributed by atoms with Gasteiger partial charge in [-0.15, -0.1) is 0 Å². The van der Waals surface area contributed by atoms with Crippen LogP contribution in [0.3, 0.4) is 0 Å². The van der Waals surface area contributed by atoms with Crippen LogP contribution in [0.1, 0.15) is 38.5 Å². The number of anilines is 1. The molecule has 138 valence electrons. The average Bonchev–Trinajstić information content (AvgIpc) is 3.25. The minimum Gasteiger partial charge on any atom is -0.493 e. The lowest BCUT2D eigenvalue weighted by Crippen LogP contribution is -2.41. The number of nitrogens with one attached hydrogen (secondary N) is 1. The van der Waals surface area contributed by atoms with E-state index in [-0.39, 0.29) is 23.6 Å². The van der Waals surface area contributed by atoms with Gasteiger partial charge in [-0.25, -0.2) is 4.79 Å². The number of benzene rings is 1. The number of methoxy groups -OCH3 is 1. The maximum Gasteiger partial charge on any atom is 0.387 e. The highest BCUT2D eigenvalue weighted by molar-refractivity contribution is 5.90. The first-order chi connectivity index (χ1) is 12.1. The molecule has 1 aromatic carbocycles. The smallest absolute Gasteiger partial charge is 0.387 e. The Kier molecular flexibility index (Phi) is 5.60. The molecule has 7 heteroatoms. The molecule has 1 saturated heterocycles. The number of alkyl halides is 2. The van der Waals surface area contributed by atoms with E-state index >= 15 is 0 Å². The summed E-state index contributed by atoms with van der Waals surface area (Å²) in [5.74, 6) is 0.689. The lowest BCUT2D eigenvalue weighted by molar-refractivity contribution is -0.0511. The highest BCUT2D eigenvalue weighted by Gasteiger charge is 2.35. The molecule has 2 amide bonds. The standard InChI is InChI=1S/C18H24F2N2O3/c1-24-15-9-8-13(11-16(15)25-17(19)20)21-18(23)22-10-4-7-14(22)12-5-2-3-6-12/h8-9,11-12,14,17H,2-7,10H2,1H3,(H,21,23). The molecular weight excluding hydrogens is 330 g/mol. The van der Waals surface area contributed by atoms with E-state index < -0.39 is 6.61 Å². The van der Waals surface area contributed by atoms with Crippen molar-refractivity contribution in [2.45, 2.75) is 51.2 Å². The van der Waals surface area contributed by atoms with Crippen LogP contribution in [0.5, 0.6) is 11.5 Å². The van der Waals surface area contributed by atoms with Gasteiger partial charge in [0.1, 0.15) is 0 Å². The topological polar surface area (TPSA) is 50.8 Å². The van der Waals surface area contributed by atoms with Crippen molar-refractivity contribution in [1.82, 2.24) is 4.90 Å². The van der Waals surface area contributed by atoms with Crippen molar-refractivity contribution in [1.29, 1.82) is 0 Å². The fourth-order valence-electron chi connectivity index (χ4n) is 4.01. The first-order valence-electron chi connectivity index (χ1n) is 8.79. The van der Waals surface area contributed by atoms with Crippen molar-refractivity contribution in [3.63, 3.8) is 0 Å². The molecule has 1 unspecified atom stereocenters. The number of hydrogen-bond donors (Lipinski definition) is 1. The molecule has 1 aliphatic carbocycles. The van der Waals surface area contributed by atoms with Gasteiger partial charge in [-0.2, -0.15) is 8.78 Å². The van der Waals surface area contributed by atoms with Gasteiger partial charge in [0.25, 0.3) is 0 Å². The number of carbonyl (C=O) groups excluding carboxylic acids is 1. The summed E-state index contributed by atoms with van der Waals surface area (Å²) in [6.45, 7) is -2.21.